The Hall–Kier alpha value is -3.21. The van der Waals surface area contributed by atoms with Crippen molar-refractivity contribution in [2.24, 2.45) is 0 Å². The topological polar surface area (TPSA) is 83.1 Å². The van der Waals surface area contributed by atoms with Crippen molar-refractivity contribution in [1.29, 1.82) is 0 Å². The summed E-state index contributed by atoms with van der Waals surface area (Å²) in [6.07, 6.45) is 5.40. The van der Waals surface area contributed by atoms with Crippen LogP contribution < -0.4 is 19.9 Å². The predicted molar refractivity (Wildman–Crippen MR) is 133 cm³/mol. The number of morpholine rings is 1. The van der Waals surface area contributed by atoms with Crippen molar-refractivity contribution in [3.05, 3.63) is 30.0 Å². The second-order valence-electron chi connectivity index (χ2n) is 9.63. The molecule has 1 saturated heterocycles. The van der Waals surface area contributed by atoms with Crippen LogP contribution in [0.4, 0.5) is 31.9 Å². The van der Waals surface area contributed by atoms with Crippen LogP contribution in [0.2, 0.25) is 0 Å². The molecule has 5 rings (SSSR count). The highest BCUT2D eigenvalue weighted by Gasteiger charge is 2.41. The Balaban J connectivity index is 1.42. The SMILES string of the molecule is COc1cc(C(=O)N2CCOCC2)ccc1Nc1ncc2c(n1)N(C1CCCC1)CC(F)(F)CN2C. The molecular weight excluding hydrogens is 470 g/mol. The number of carbonyl (C=O) groups is 1. The van der Waals surface area contributed by atoms with Gasteiger partial charge in [-0.3, -0.25) is 4.79 Å². The van der Waals surface area contributed by atoms with Gasteiger partial charge in [0.15, 0.2) is 5.82 Å². The third-order valence-corrected chi connectivity index (χ3v) is 7.06. The summed E-state index contributed by atoms with van der Waals surface area (Å²) < 4.78 is 40.4. The highest BCUT2D eigenvalue weighted by atomic mass is 19.3. The number of amides is 1. The Bertz CT molecular complexity index is 1110. The zero-order chi connectivity index (χ0) is 25.3. The number of nitrogens with zero attached hydrogens (tertiary/aromatic N) is 5. The number of methoxy groups -OCH3 is 1. The number of anilines is 4. The van der Waals surface area contributed by atoms with Crippen molar-refractivity contribution in [2.45, 2.75) is 37.6 Å². The van der Waals surface area contributed by atoms with Crippen LogP contribution in [0.1, 0.15) is 36.0 Å². The van der Waals surface area contributed by atoms with Crippen molar-refractivity contribution >= 4 is 29.0 Å². The Morgan fingerprint density at radius 3 is 2.67 bits per heavy atom. The summed E-state index contributed by atoms with van der Waals surface area (Å²) >= 11 is 0. The first-order chi connectivity index (χ1) is 17.3. The molecule has 1 saturated carbocycles. The summed E-state index contributed by atoms with van der Waals surface area (Å²) in [6.45, 7) is 1.40. The molecule has 1 aromatic carbocycles. The van der Waals surface area contributed by atoms with Crippen LogP contribution in [0.3, 0.4) is 0 Å². The van der Waals surface area contributed by atoms with E-state index >= 15 is 0 Å². The summed E-state index contributed by atoms with van der Waals surface area (Å²) in [5.41, 5.74) is 1.68. The van der Waals surface area contributed by atoms with Crippen LogP contribution in [0.25, 0.3) is 0 Å². The molecule has 36 heavy (non-hydrogen) atoms. The first kappa shape index (κ1) is 24.5. The minimum absolute atomic E-state index is 0.0314. The molecule has 3 heterocycles. The molecule has 1 aromatic heterocycles. The lowest BCUT2D eigenvalue weighted by atomic mass is 10.1. The number of carbonyl (C=O) groups excluding carboxylic acids is 1. The van der Waals surface area contributed by atoms with E-state index in [1.807, 2.05) is 0 Å². The fraction of sp³-hybridized carbons (Fsp3) is 0.560. The lowest BCUT2D eigenvalue weighted by molar-refractivity contribution is 0.0177. The second kappa shape index (κ2) is 10.0. The van der Waals surface area contributed by atoms with Gasteiger partial charge >= 0.3 is 0 Å². The Kier molecular flexibility index (Phi) is 6.83. The average Bonchev–Trinajstić information content (AvgIpc) is 3.39. The van der Waals surface area contributed by atoms with Crippen LogP contribution in [0, 0.1) is 0 Å². The van der Waals surface area contributed by atoms with E-state index in [0.717, 1.165) is 25.7 Å². The number of hydrogen-bond donors (Lipinski definition) is 1. The van der Waals surface area contributed by atoms with Crippen molar-refractivity contribution in [3.8, 4) is 5.75 Å². The van der Waals surface area contributed by atoms with Crippen molar-refractivity contribution in [2.75, 3.05) is 68.7 Å². The third-order valence-electron chi connectivity index (χ3n) is 7.06. The van der Waals surface area contributed by atoms with Gasteiger partial charge in [-0.15, -0.1) is 0 Å². The maximum atomic E-state index is 14.8. The fourth-order valence-electron chi connectivity index (χ4n) is 5.23. The first-order valence-electron chi connectivity index (χ1n) is 12.4. The number of fused-ring (bicyclic) bond motifs is 1. The summed E-state index contributed by atoms with van der Waals surface area (Å²) in [7, 11) is 3.18. The maximum absolute atomic E-state index is 14.8. The first-order valence-corrected chi connectivity index (χ1v) is 12.4. The Labute approximate surface area is 209 Å². The van der Waals surface area contributed by atoms with Gasteiger partial charge in [0, 0.05) is 31.7 Å². The lowest BCUT2D eigenvalue weighted by Gasteiger charge is -2.31. The van der Waals surface area contributed by atoms with E-state index in [1.54, 1.807) is 41.2 Å². The third kappa shape index (κ3) is 5.02. The van der Waals surface area contributed by atoms with E-state index < -0.39 is 5.92 Å². The van der Waals surface area contributed by atoms with Gasteiger partial charge in [-0.05, 0) is 31.0 Å². The molecule has 0 atom stereocenters. The number of rotatable bonds is 5. The van der Waals surface area contributed by atoms with Crippen LogP contribution in [0.5, 0.6) is 5.75 Å². The standard InChI is InChI=1S/C25H32F2N6O3/c1-31-15-25(26,27)16-33(18-5-3-4-6-18)22-20(31)14-28-24(30-22)29-19-8-7-17(13-21(19)35-2)23(34)32-9-11-36-12-10-32/h7-8,13-14,18H,3-6,9-12,15-16H2,1-2H3,(H,28,29,30). The van der Waals surface area contributed by atoms with E-state index in [1.165, 1.54) is 12.0 Å². The molecule has 2 aromatic rings. The Morgan fingerprint density at radius 1 is 1.19 bits per heavy atom. The van der Waals surface area contributed by atoms with Crippen molar-refractivity contribution in [1.82, 2.24) is 14.9 Å². The molecule has 11 heteroatoms. The summed E-state index contributed by atoms with van der Waals surface area (Å²) in [5.74, 6) is -1.69. The molecule has 0 unspecified atom stereocenters. The van der Waals surface area contributed by atoms with Gasteiger partial charge in [-0.25, -0.2) is 13.8 Å². The Morgan fingerprint density at radius 2 is 1.94 bits per heavy atom. The van der Waals surface area contributed by atoms with E-state index in [4.69, 9.17) is 14.5 Å². The van der Waals surface area contributed by atoms with Crippen LogP contribution in [0.15, 0.2) is 24.4 Å². The molecule has 2 aliphatic heterocycles. The number of hydrogen-bond acceptors (Lipinski definition) is 8. The van der Waals surface area contributed by atoms with Gasteiger partial charge in [0.25, 0.3) is 11.8 Å². The van der Waals surface area contributed by atoms with Crippen LogP contribution in [-0.2, 0) is 4.74 Å². The van der Waals surface area contributed by atoms with Gasteiger partial charge in [-0.1, -0.05) is 12.8 Å². The highest BCUT2D eigenvalue weighted by Crippen LogP contribution is 2.39. The smallest absolute Gasteiger partial charge is 0.282 e. The van der Waals surface area contributed by atoms with E-state index in [-0.39, 0.29) is 31.0 Å². The monoisotopic (exact) mass is 502 g/mol. The molecule has 1 N–H and O–H groups in total. The number of benzene rings is 1. The van der Waals surface area contributed by atoms with Crippen molar-refractivity contribution < 1.29 is 23.0 Å². The van der Waals surface area contributed by atoms with E-state index in [9.17, 15) is 13.6 Å². The molecule has 0 spiro atoms. The molecule has 0 bridgehead atoms. The largest absolute Gasteiger partial charge is 0.495 e. The maximum Gasteiger partial charge on any atom is 0.282 e. The number of aromatic nitrogens is 2. The number of ether oxygens (including phenoxy) is 2. The molecule has 1 aliphatic carbocycles. The fourth-order valence-corrected chi connectivity index (χ4v) is 5.23. The summed E-state index contributed by atoms with van der Waals surface area (Å²) in [6, 6.07) is 5.19. The number of halogens is 2. The van der Waals surface area contributed by atoms with E-state index in [2.05, 4.69) is 10.3 Å². The predicted octanol–water partition coefficient (Wildman–Crippen LogP) is 3.54. The minimum Gasteiger partial charge on any atom is -0.495 e. The molecule has 0 radical (unpaired) electrons. The zero-order valence-corrected chi connectivity index (χ0v) is 20.7. The van der Waals surface area contributed by atoms with Gasteiger partial charge < -0.3 is 29.5 Å². The van der Waals surface area contributed by atoms with Gasteiger partial charge in [0.1, 0.15) is 5.75 Å². The van der Waals surface area contributed by atoms with Gasteiger partial charge in [0.2, 0.25) is 5.95 Å². The highest BCUT2D eigenvalue weighted by molar-refractivity contribution is 5.95. The number of nitrogens with one attached hydrogen (secondary N) is 1. The van der Waals surface area contributed by atoms with Crippen LogP contribution >= 0.6 is 0 Å². The molecule has 194 valence electrons. The van der Waals surface area contributed by atoms with Gasteiger partial charge in [0.05, 0.1) is 51.0 Å². The summed E-state index contributed by atoms with van der Waals surface area (Å²) in [4.78, 5) is 27.0. The molecule has 9 nitrogen and oxygen atoms in total. The number of alkyl halides is 2. The summed E-state index contributed by atoms with van der Waals surface area (Å²) in [5, 5.41) is 3.16. The minimum atomic E-state index is -2.86. The molecule has 2 fully saturated rings. The second-order valence-corrected chi connectivity index (χ2v) is 9.63. The molecule has 1 amide bonds. The molecular formula is C25H32F2N6O3. The van der Waals surface area contributed by atoms with E-state index in [0.29, 0.717) is 54.8 Å². The average molecular weight is 503 g/mol. The lowest BCUT2D eigenvalue weighted by Crippen LogP contribution is -2.44. The molecule has 3 aliphatic rings. The quantitative estimate of drug-likeness (QED) is 0.665. The normalized spacial score (nSPS) is 20.2. The van der Waals surface area contributed by atoms with Crippen LogP contribution in [-0.4, -0.2) is 86.3 Å². The van der Waals surface area contributed by atoms with Crippen molar-refractivity contribution in [3.63, 3.8) is 0 Å². The zero-order valence-electron chi connectivity index (χ0n) is 20.7. The van der Waals surface area contributed by atoms with Gasteiger partial charge in [-0.2, -0.15) is 4.98 Å².